The highest BCUT2D eigenvalue weighted by Crippen LogP contribution is 2.15. The number of esters is 1. The third-order valence-electron chi connectivity index (χ3n) is 3.57. The van der Waals surface area contributed by atoms with Crippen molar-refractivity contribution in [1.29, 1.82) is 0 Å². The molecule has 0 heterocycles. The largest absolute Gasteiger partial charge is 0.497 e. The zero-order valence-electron chi connectivity index (χ0n) is 14.7. The first-order valence-electron chi connectivity index (χ1n) is 8.09. The van der Waals surface area contributed by atoms with Crippen LogP contribution >= 0.6 is 0 Å². The summed E-state index contributed by atoms with van der Waals surface area (Å²) in [5, 5.41) is 2.67. The lowest BCUT2D eigenvalue weighted by molar-refractivity contribution is -0.124. The molecular weight excluding hydrogens is 354 g/mol. The lowest BCUT2D eigenvalue weighted by Gasteiger charge is -2.09. The molecule has 0 aliphatic rings. The Labute approximate surface area is 155 Å². The Morgan fingerprint density at radius 2 is 1.88 bits per heavy atom. The molecule has 0 saturated carbocycles. The zero-order valence-corrected chi connectivity index (χ0v) is 15.5. The van der Waals surface area contributed by atoms with Gasteiger partial charge in [0.25, 0.3) is 5.91 Å². The van der Waals surface area contributed by atoms with Crippen molar-refractivity contribution in [1.82, 2.24) is 5.32 Å². The molecule has 0 radical (unpaired) electrons. The van der Waals surface area contributed by atoms with Gasteiger partial charge in [-0.2, -0.15) is 0 Å². The van der Waals surface area contributed by atoms with Crippen LogP contribution in [-0.4, -0.2) is 35.6 Å². The van der Waals surface area contributed by atoms with Crippen LogP contribution in [0.25, 0.3) is 0 Å². The summed E-state index contributed by atoms with van der Waals surface area (Å²) in [4.78, 5) is 24.5. The fourth-order valence-corrected chi connectivity index (χ4v) is 3.17. The molecule has 2 rings (SSSR count). The van der Waals surface area contributed by atoms with E-state index in [0.29, 0.717) is 22.9 Å². The number of benzene rings is 2. The van der Waals surface area contributed by atoms with Gasteiger partial charge in [-0.1, -0.05) is 31.2 Å². The minimum Gasteiger partial charge on any atom is -0.497 e. The highest BCUT2D eigenvalue weighted by Gasteiger charge is 2.17. The maximum absolute atomic E-state index is 12.2. The Kier molecular flexibility index (Phi) is 7.35. The quantitative estimate of drug-likeness (QED) is 0.716. The normalized spacial score (nSPS) is 11.5. The Morgan fingerprint density at radius 1 is 1.12 bits per heavy atom. The van der Waals surface area contributed by atoms with Crippen LogP contribution in [0.4, 0.5) is 0 Å². The highest BCUT2D eigenvalue weighted by molar-refractivity contribution is 7.85. The number of carbonyl (C=O) groups is 2. The summed E-state index contributed by atoms with van der Waals surface area (Å²) in [6, 6.07) is 13.8. The molecule has 0 aliphatic carbocycles. The lowest BCUT2D eigenvalue weighted by atomic mass is 10.2. The van der Waals surface area contributed by atoms with E-state index in [1.165, 1.54) is 0 Å². The standard InChI is InChI=1S/C19H21NO5S/c1-3-26(23)17-10-5-4-9-16(17)19(22)25-13-18(21)20-12-14-7-6-8-15(11-14)24-2/h4-11H,3,12-13H2,1-2H3,(H,20,21)/t26-/m0/s1. The number of ether oxygens (including phenoxy) is 2. The van der Waals surface area contributed by atoms with Gasteiger partial charge in [-0.05, 0) is 29.8 Å². The molecule has 1 N–H and O–H groups in total. The Morgan fingerprint density at radius 3 is 2.62 bits per heavy atom. The number of hydrogen-bond donors (Lipinski definition) is 1. The summed E-state index contributed by atoms with van der Waals surface area (Å²) in [7, 11) is 0.288. The van der Waals surface area contributed by atoms with Gasteiger partial charge in [0.1, 0.15) is 5.75 Å². The minimum atomic E-state index is -1.28. The van der Waals surface area contributed by atoms with Crippen molar-refractivity contribution >= 4 is 22.7 Å². The van der Waals surface area contributed by atoms with E-state index in [0.717, 1.165) is 5.56 Å². The van der Waals surface area contributed by atoms with Gasteiger partial charge in [0.15, 0.2) is 6.61 Å². The highest BCUT2D eigenvalue weighted by atomic mass is 32.2. The van der Waals surface area contributed by atoms with Crippen LogP contribution in [0.5, 0.6) is 5.75 Å². The average Bonchev–Trinajstić information content (AvgIpc) is 2.69. The molecule has 7 heteroatoms. The third kappa shape index (κ3) is 5.42. The van der Waals surface area contributed by atoms with Gasteiger partial charge in [0.2, 0.25) is 0 Å². The maximum atomic E-state index is 12.2. The van der Waals surface area contributed by atoms with E-state index in [2.05, 4.69) is 5.32 Å². The van der Waals surface area contributed by atoms with Crippen LogP contribution in [0.15, 0.2) is 53.4 Å². The van der Waals surface area contributed by atoms with Crippen molar-refractivity contribution in [3.63, 3.8) is 0 Å². The molecule has 0 bridgehead atoms. The second-order valence-electron chi connectivity index (χ2n) is 5.33. The summed E-state index contributed by atoms with van der Waals surface area (Å²) in [6.07, 6.45) is 0. The van der Waals surface area contributed by atoms with Crippen molar-refractivity contribution in [3.8, 4) is 5.75 Å². The Hall–Kier alpha value is -2.67. The molecule has 0 saturated heterocycles. The van der Waals surface area contributed by atoms with Crippen LogP contribution in [0.3, 0.4) is 0 Å². The number of rotatable bonds is 8. The van der Waals surface area contributed by atoms with Gasteiger partial charge in [-0.25, -0.2) is 4.79 Å². The van der Waals surface area contributed by atoms with Crippen molar-refractivity contribution in [2.24, 2.45) is 0 Å². The van der Waals surface area contributed by atoms with Crippen molar-refractivity contribution in [3.05, 3.63) is 59.7 Å². The van der Waals surface area contributed by atoms with Crippen LogP contribution in [0.2, 0.25) is 0 Å². The summed E-state index contributed by atoms with van der Waals surface area (Å²) >= 11 is 0. The van der Waals surface area contributed by atoms with Crippen LogP contribution in [-0.2, 0) is 26.9 Å². The van der Waals surface area contributed by atoms with Crippen LogP contribution in [0.1, 0.15) is 22.8 Å². The van der Waals surface area contributed by atoms with Gasteiger partial charge in [-0.3, -0.25) is 9.00 Å². The first kappa shape index (κ1) is 19.7. The molecule has 0 aliphatic heterocycles. The minimum absolute atomic E-state index is 0.216. The molecule has 1 amide bonds. The smallest absolute Gasteiger partial charge is 0.339 e. The summed E-state index contributed by atoms with van der Waals surface area (Å²) in [5.41, 5.74) is 1.08. The molecule has 2 aromatic carbocycles. The maximum Gasteiger partial charge on any atom is 0.339 e. The number of hydrogen-bond acceptors (Lipinski definition) is 5. The number of nitrogens with one attached hydrogen (secondary N) is 1. The zero-order chi connectivity index (χ0) is 18.9. The predicted molar refractivity (Wildman–Crippen MR) is 98.5 cm³/mol. The van der Waals surface area contributed by atoms with Gasteiger partial charge in [0.05, 0.1) is 28.4 Å². The first-order valence-corrected chi connectivity index (χ1v) is 9.41. The number of carbonyl (C=O) groups excluding carboxylic acids is 2. The fraction of sp³-hybridized carbons (Fsp3) is 0.263. The summed E-state index contributed by atoms with van der Waals surface area (Å²) in [5.74, 6) is 0.00333. The molecule has 0 spiro atoms. The number of methoxy groups -OCH3 is 1. The Balaban J connectivity index is 1.89. The molecule has 26 heavy (non-hydrogen) atoms. The molecule has 2 aromatic rings. The van der Waals surface area contributed by atoms with Gasteiger partial charge in [0, 0.05) is 12.3 Å². The van der Waals surface area contributed by atoms with Crippen LogP contribution in [0, 0.1) is 0 Å². The van der Waals surface area contributed by atoms with Gasteiger partial charge < -0.3 is 14.8 Å². The van der Waals surface area contributed by atoms with E-state index >= 15 is 0 Å². The SMILES string of the molecule is CC[S@](=O)c1ccccc1C(=O)OCC(=O)NCc1cccc(OC)c1. The number of amides is 1. The summed E-state index contributed by atoms with van der Waals surface area (Å²) in [6.45, 7) is 1.66. The summed E-state index contributed by atoms with van der Waals surface area (Å²) < 4.78 is 22.2. The van der Waals surface area contributed by atoms with E-state index in [-0.39, 0.29) is 5.56 Å². The van der Waals surface area contributed by atoms with Gasteiger partial charge in [-0.15, -0.1) is 0 Å². The van der Waals surface area contributed by atoms with E-state index < -0.39 is 29.3 Å². The molecule has 0 aromatic heterocycles. The lowest BCUT2D eigenvalue weighted by Crippen LogP contribution is -2.28. The molecule has 6 nitrogen and oxygen atoms in total. The third-order valence-corrected chi connectivity index (χ3v) is 4.94. The van der Waals surface area contributed by atoms with Crippen LogP contribution < -0.4 is 10.1 Å². The second kappa shape index (κ2) is 9.72. The topological polar surface area (TPSA) is 81.7 Å². The van der Waals surface area contributed by atoms with Crippen molar-refractivity contribution < 1.29 is 23.3 Å². The van der Waals surface area contributed by atoms with E-state index in [4.69, 9.17) is 9.47 Å². The van der Waals surface area contributed by atoms with Crippen molar-refractivity contribution in [2.45, 2.75) is 18.4 Å². The Bertz CT molecular complexity index is 806. The predicted octanol–water partition coefficient (Wildman–Crippen LogP) is 2.30. The molecule has 0 unspecified atom stereocenters. The second-order valence-corrected chi connectivity index (χ2v) is 7.04. The van der Waals surface area contributed by atoms with Gasteiger partial charge >= 0.3 is 5.97 Å². The first-order chi connectivity index (χ1) is 12.5. The van der Waals surface area contributed by atoms with Crippen molar-refractivity contribution in [2.75, 3.05) is 19.5 Å². The fourth-order valence-electron chi connectivity index (χ4n) is 2.23. The molecule has 0 fully saturated rings. The molecule has 138 valence electrons. The monoisotopic (exact) mass is 375 g/mol. The average molecular weight is 375 g/mol. The van der Waals surface area contributed by atoms with E-state index in [1.807, 2.05) is 24.3 Å². The van der Waals surface area contributed by atoms with E-state index in [9.17, 15) is 13.8 Å². The van der Waals surface area contributed by atoms with E-state index in [1.54, 1.807) is 38.3 Å². The molecule has 1 atom stereocenters. The molecular formula is C19H21NO5S.